The molecular formula is C14H11F3N2O2. The second-order valence-corrected chi connectivity index (χ2v) is 4.46. The van der Waals surface area contributed by atoms with Gasteiger partial charge in [0.25, 0.3) is 0 Å². The molecule has 0 amide bonds. The summed E-state index contributed by atoms with van der Waals surface area (Å²) in [6.45, 7) is 1.67. The molecule has 0 bridgehead atoms. The van der Waals surface area contributed by atoms with Gasteiger partial charge in [-0.25, -0.2) is 8.78 Å². The minimum absolute atomic E-state index is 0.301. The Labute approximate surface area is 118 Å². The second-order valence-electron chi connectivity index (χ2n) is 4.46. The van der Waals surface area contributed by atoms with Crippen LogP contribution in [0.5, 0.6) is 0 Å². The molecule has 7 heteroatoms. The summed E-state index contributed by atoms with van der Waals surface area (Å²) >= 11 is 0. The van der Waals surface area contributed by atoms with Crippen molar-refractivity contribution < 1.29 is 18.1 Å². The van der Waals surface area contributed by atoms with Crippen molar-refractivity contribution in [3.05, 3.63) is 69.5 Å². The molecule has 1 atom stereocenters. The van der Waals surface area contributed by atoms with Crippen molar-refractivity contribution in [1.29, 1.82) is 0 Å². The Balaban J connectivity index is 2.19. The summed E-state index contributed by atoms with van der Waals surface area (Å²) in [5.41, 5.74) is 0.143. The molecule has 0 saturated carbocycles. The SMILES string of the molecule is CC(Nc1ccc([N+](=O)[O-])c(F)c1)c1ccc(F)c(F)c1. The third-order valence-corrected chi connectivity index (χ3v) is 2.97. The van der Waals surface area contributed by atoms with Crippen LogP contribution in [0.25, 0.3) is 0 Å². The number of hydrogen-bond donors (Lipinski definition) is 1. The molecule has 0 aliphatic heterocycles. The highest BCUT2D eigenvalue weighted by molar-refractivity contribution is 5.51. The minimum atomic E-state index is -0.976. The minimum Gasteiger partial charge on any atom is -0.378 e. The fraction of sp³-hybridized carbons (Fsp3) is 0.143. The van der Waals surface area contributed by atoms with Gasteiger partial charge in [-0.1, -0.05) is 6.07 Å². The molecule has 2 aromatic carbocycles. The maximum Gasteiger partial charge on any atom is 0.304 e. The van der Waals surface area contributed by atoms with Crippen LogP contribution in [0.3, 0.4) is 0 Å². The smallest absolute Gasteiger partial charge is 0.304 e. The van der Waals surface area contributed by atoms with Crippen molar-refractivity contribution >= 4 is 11.4 Å². The van der Waals surface area contributed by atoms with Crippen LogP contribution in [0, 0.1) is 27.6 Å². The molecule has 0 aliphatic carbocycles. The van der Waals surface area contributed by atoms with E-state index in [9.17, 15) is 23.3 Å². The average Bonchev–Trinajstić information content (AvgIpc) is 2.41. The van der Waals surface area contributed by atoms with Gasteiger partial charge in [0, 0.05) is 23.9 Å². The number of benzene rings is 2. The highest BCUT2D eigenvalue weighted by Crippen LogP contribution is 2.25. The first kappa shape index (κ1) is 14.8. The molecule has 2 rings (SSSR count). The van der Waals surface area contributed by atoms with E-state index < -0.39 is 34.1 Å². The maximum absolute atomic E-state index is 13.5. The summed E-state index contributed by atoms with van der Waals surface area (Å²) < 4.78 is 39.5. The lowest BCUT2D eigenvalue weighted by Gasteiger charge is -2.16. The van der Waals surface area contributed by atoms with Crippen LogP contribution in [0.2, 0.25) is 0 Å². The van der Waals surface area contributed by atoms with E-state index >= 15 is 0 Å². The molecule has 21 heavy (non-hydrogen) atoms. The van der Waals surface area contributed by atoms with E-state index in [1.165, 1.54) is 12.1 Å². The van der Waals surface area contributed by atoms with Crippen molar-refractivity contribution in [1.82, 2.24) is 0 Å². The van der Waals surface area contributed by atoms with Gasteiger partial charge in [0.05, 0.1) is 4.92 Å². The number of nitrogens with one attached hydrogen (secondary N) is 1. The number of anilines is 1. The average molecular weight is 296 g/mol. The third kappa shape index (κ3) is 3.31. The van der Waals surface area contributed by atoms with Crippen LogP contribution in [-0.2, 0) is 0 Å². The van der Waals surface area contributed by atoms with Gasteiger partial charge in [-0.15, -0.1) is 0 Å². The Morgan fingerprint density at radius 3 is 2.33 bits per heavy atom. The topological polar surface area (TPSA) is 55.2 Å². The number of rotatable bonds is 4. The van der Waals surface area contributed by atoms with Crippen molar-refractivity contribution in [3.8, 4) is 0 Å². The highest BCUT2D eigenvalue weighted by atomic mass is 19.2. The Morgan fingerprint density at radius 2 is 1.76 bits per heavy atom. The molecular weight excluding hydrogens is 285 g/mol. The van der Waals surface area contributed by atoms with E-state index in [1.54, 1.807) is 6.92 Å². The van der Waals surface area contributed by atoms with Crippen molar-refractivity contribution in [2.45, 2.75) is 13.0 Å². The third-order valence-electron chi connectivity index (χ3n) is 2.97. The van der Waals surface area contributed by atoms with E-state index in [1.807, 2.05) is 0 Å². The normalized spacial score (nSPS) is 12.0. The monoisotopic (exact) mass is 296 g/mol. The van der Waals surface area contributed by atoms with Crippen LogP contribution in [0.15, 0.2) is 36.4 Å². The first-order chi connectivity index (χ1) is 9.88. The Bertz CT molecular complexity index is 692. The zero-order chi connectivity index (χ0) is 15.6. The van der Waals surface area contributed by atoms with Gasteiger partial charge in [-0.2, -0.15) is 4.39 Å². The molecule has 110 valence electrons. The van der Waals surface area contributed by atoms with Crippen LogP contribution < -0.4 is 5.32 Å². The van der Waals surface area contributed by atoms with Gasteiger partial charge < -0.3 is 5.32 Å². The number of nitrogens with zero attached hydrogens (tertiary/aromatic N) is 1. The lowest BCUT2D eigenvalue weighted by atomic mass is 10.1. The lowest BCUT2D eigenvalue weighted by Crippen LogP contribution is -2.08. The summed E-state index contributed by atoms with van der Waals surface area (Å²) in [5, 5.41) is 13.4. The lowest BCUT2D eigenvalue weighted by molar-refractivity contribution is -0.387. The number of nitro groups is 1. The standard InChI is InChI=1S/C14H11F3N2O2/c1-8(9-2-4-11(15)12(16)6-9)18-10-3-5-14(19(20)21)13(17)7-10/h2-8,18H,1H3. The van der Waals surface area contributed by atoms with Crippen molar-refractivity contribution in [2.24, 2.45) is 0 Å². The summed E-state index contributed by atoms with van der Waals surface area (Å²) in [6, 6.07) is 6.37. The molecule has 2 aromatic rings. The first-order valence-corrected chi connectivity index (χ1v) is 6.04. The summed E-state index contributed by atoms with van der Waals surface area (Å²) in [7, 11) is 0. The highest BCUT2D eigenvalue weighted by Gasteiger charge is 2.15. The van der Waals surface area contributed by atoms with E-state index in [4.69, 9.17) is 0 Å². The van der Waals surface area contributed by atoms with Crippen molar-refractivity contribution in [3.63, 3.8) is 0 Å². The molecule has 0 radical (unpaired) electrons. The van der Waals surface area contributed by atoms with Crippen LogP contribution >= 0.6 is 0 Å². The fourth-order valence-electron chi connectivity index (χ4n) is 1.86. The molecule has 0 spiro atoms. The van der Waals surface area contributed by atoms with Crippen LogP contribution in [0.4, 0.5) is 24.5 Å². The largest absolute Gasteiger partial charge is 0.378 e. The van der Waals surface area contributed by atoms with Crippen LogP contribution in [-0.4, -0.2) is 4.92 Å². The molecule has 1 unspecified atom stereocenters. The second kappa shape index (κ2) is 5.82. The van der Waals surface area contributed by atoms with E-state index in [2.05, 4.69) is 5.32 Å². The van der Waals surface area contributed by atoms with E-state index in [0.29, 0.717) is 11.3 Å². The van der Waals surface area contributed by atoms with Gasteiger partial charge in [-0.3, -0.25) is 10.1 Å². The van der Waals surface area contributed by atoms with Gasteiger partial charge in [0.2, 0.25) is 5.82 Å². The molecule has 0 fully saturated rings. The molecule has 4 nitrogen and oxygen atoms in total. The Morgan fingerprint density at radius 1 is 1.05 bits per heavy atom. The van der Waals surface area contributed by atoms with Gasteiger partial charge in [0.15, 0.2) is 11.6 Å². The fourth-order valence-corrected chi connectivity index (χ4v) is 1.86. The molecule has 0 saturated heterocycles. The van der Waals surface area contributed by atoms with E-state index in [-0.39, 0.29) is 0 Å². The predicted octanol–water partition coefficient (Wildman–Crippen LogP) is 4.19. The van der Waals surface area contributed by atoms with Crippen LogP contribution in [0.1, 0.15) is 18.5 Å². The number of hydrogen-bond acceptors (Lipinski definition) is 3. The summed E-state index contributed by atoms with van der Waals surface area (Å²) in [4.78, 5) is 9.69. The maximum atomic E-state index is 13.5. The molecule has 0 heterocycles. The number of nitro benzene ring substituents is 1. The molecule has 0 aliphatic rings. The zero-order valence-corrected chi connectivity index (χ0v) is 10.9. The first-order valence-electron chi connectivity index (χ1n) is 6.04. The van der Waals surface area contributed by atoms with Gasteiger partial charge in [-0.05, 0) is 30.7 Å². The zero-order valence-electron chi connectivity index (χ0n) is 10.9. The van der Waals surface area contributed by atoms with E-state index in [0.717, 1.165) is 24.3 Å². The van der Waals surface area contributed by atoms with Gasteiger partial charge >= 0.3 is 5.69 Å². The quantitative estimate of drug-likeness (QED) is 0.680. The summed E-state index contributed by atoms with van der Waals surface area (Å²) in [6.07, 6.45) is 0. The van der Waals surface area contributed by atoms with Gasteiger partial charge in [0.1, 0.15) is 0 Å². The molecule has 1 N–H and O–H groups in total. The van der Waals surface area contributed by atoms with Crippen molar-refractivity contribution in [2.75, 3.05) is 5.32 Å². The number of halogens is 3. The Hall–Kier alpha value is -2.57. The molecule has 0 aromatic heterocycles. The Kier molecular flexibility index (Phi) is 4.11. The predicted molar refractivity (Wildman–Crippen MR) is 71.5 cm³/mol. The summed E-state index contributed by atoms with van der Waals surface area (Å²) in [5.74, 6) is -2.90.